The average Bonchev–Trinajstić information content (AvgIpc) is 2.65. The molecule has 27 heavy (non-hydrogen) atoms. The van der Waals surface area contributed by atoms with Crippen molar-refractivity contribution in [3.05, 3.63) is 12.2 Å². The van der Waals surface area contributed by atoms with Gasteiger partial charge in [0.15, 0.2) is 0 Å². The maximum atomic E-state index is 10.9. The van der Waals surface area contributed by atoms with Gasteiger partial charge in [-0.15, -0.1) is 0 Å². The normalized spacial score (nSPS) is 10.0. The molecule has 0 atom stereocenters. The number of unbranched alkanes of at least 4 members (excludes halogenated alkanes) is 14. The molecule has 4 nitrogen and oxygen atoms in total. The molecule has 4 heteroatoms. The zero-order valence-corrected chi connectivity index (χ0v) is 18.2. The second-order valence-corrected chi connectivity index (χ2v) is 7.36. The van der Waals surface area contributed by atoms with E-state index in [9.17, 15) is 9.59 Å². The van der Waals surface area contributed by atoms with Crippen LogP contribution in [-0.2, 0) is 14.3 Å². The third-order valence-corrected chi connectivity index (χ3v) is 4.58. The molecule has 0 bridgehead atoms. The summed E-state index contributed by atoms with van der Waals surface area (Å²) >= 11 is 0. The number of hydrogen-bond donors (Lipinski definition) is 1. The summed E-state index contributed by atoms with van der Waals surface area (Å²) in [6, 6.07) is 0. The molecule has 0 saturated carbocycles. The zero-order chi connectivity index (χ0) is 20.8. The first-order valence-corrected chi connectivity index (χ1v) is 10.9. The number of methoxy groups -OCH3 is 1. The van der Waals surface area contributed by atoms with E-state index in [0.717, 1.165) is 6.42 Å². The number of carboxylic acids is 1. The van der Waals surface area contributed by atoms with E-state index in [-0.39, 0.29) is 11.5 Å². The minimum absolute atomic E-state index is 0.0651. The van der Waals surface area contributed by atoms with E-state index >= 15 is 0 Å². The highest BCUT2D eigenvalue weighted by Gasteiger charge is 1.99. The fraction of sp³-hybridized carbons (Fsp3) is 0.826. The van der Waals surface area contributed by atoms with Gasteiger partial charge in [-0.25, -0.2) is 4.79 Å². The summed E-state index contributed by atoms with van der Waals surface area (Å²) in [5.74, 6) is -1.00. The summed E-state index contributed by atoms with van der Waals surface area (Å²) in [5, 5.41) is 7.89. The van der Waals surface area contributed by atoms with E-state index in [1.54, 1.807) is 0 Å². The van der Waals surface area contributed by atoms with Crippen molar-refractivity contribution < 1.29 is 19.4 Å². The summed E-state index contributed by atoms with van der Waals surface area (Å²) in [6.45, 7) is 6.88. The Morgan fingerprint density at radius 2 is 1.04 bits per heavy atom. The lowest BCUT2D eigenvalue weighted by molar-refractivity contribution is -0.140. The minimum Gasteiger partial charge on any atom is -0.478 e. The van der Waals surface area contributed by atoms with Crippen LogP contribution in [0.15, 0.2) is 12.2 Å². The molecule has 0 fully saturated rings. The second-order valence-electron chi connectivity index (χ2n) is 7.36. The van der Waals surface area contributed by atoms with E-state index in [1.807, 2.05) is 0 Å². The molecule has 0 amide bonds. The fourth-order valence-electron chi connectivity index (χ4n) is 2.74. The number of carbonyl (C=O) groups is 2. The number of hydrogen-bond acceptors (Lipinski definition) is 3. The molecule has 0 aromatic heterocycles. The van der Waals surface area contributed by atoms with Gasteiger partial charge in [-0.3, -0.25) is 4.79 Å². The van der Waals surface area contributed by atoms with Gasteiger partial charge in [0.25, 0.3) is 0 Å². The molecule has 0 aliphatic rings. The molecular weight excluding hydrogens is 340 g/mol. The van der Waals surface area contributed by atoms with Crippen molar-refractivity contribution in [2.45, 2.75) is 117 Å². The maximum Gasteiger partial charge on any atom is 0.330 e. The van der Waals surface area contributed by atoms with Gasteiger partial charge < -0.3 is 9.84 Å². The molecular formula is C23H44O4. The predicted molar refractivity (Wildman–Crippen MR) is 114 cm³/mol. The van der Waals surface area contributed by atoms with Crippen LogP contribution in [0.2, 0.25) is 0 Å². The number of ether oxygens (including phenoxy) is 1. The van der Waals surface area contributed by atoms with Gasteiger partial charge in [-0.05, 0) is 13.3 Å². The van der Waals surface area contributed by atoms with E-state index in [0.29, 0.717) is 6.42 Å². The first-order valence-electron chi connectivity index (χ1n) is 10.9. The number of aliphatic carboxylic acids is 1. The van der Waals surface area contributed by atoms with Gasteiger partial charge in [-0.2, -0.15) is 0 Å². The largest absolute Gasteiger partial charge is 0.478 e. The number of carbonyl (C=O) groups excluding carboxylic acids is 1. The van der Waals surface area contributed by atoms with Crippen LogP contribution in [0.1, 0.15) is 117 Å². The van der Waals surface area contributed by atoms with Crippen LogP contribution in [0.25, 0.3) is 0 Å². The van der Waals surface area contributed by atoms with Crippen LogP contribution >= 0.6 is 0 Å². The zero-order valence-electron chi connectivity index (χ0n) is 18.2. The molecule has 0 saturated heterocycles. The lowest BCUT2D eigenvalue weighted by atomic mass is 10.0. The Hall–Kier alpha value is -1.32. The average molecular weight is 385 g/mol. The van der Waals surface area contributed by atoms with Crippen molar-refractivity contribution in [1.82, 2.24) is 0 Å². The van der Waals surface area contributed by atoms with Crippen LogP contribution in [0.3, 0.4) is 0 Å². The van der Waals surface area contributed by atoms with E-state index < -0.39 is 5.97 Å². The molecule has 0 rings (SSSR count). The Balaban J connectivity index is 0. The summed E-state index contributed by atoms with van der Waals surface area (Å²) in [5.41, 5.74) is 0.176. The topological polar surface area (TPSA) is 63.6 Å². The summed E-state index contributed by atoms with van der Waals surface area (Å²) in [7, 11) is 1.47. The van der Waals surface area contributed by atoms with Gasteiger partial charge in [0.2, 0.25) is 0 Å². The third-order valence-electron chi connectivity index (χ3n) is 4.58. The number of rotatable bonds is 17. The maximum absolute atomic E-state index is 10.9. The smallest absolute Gasteiger partial charge is 0.330 e. The van der Waals surface area contributed by atoms with Crippen molar-refractivity contribution in [3.63, 3.8) is 0 Å². The van der Waals surface area contributed by atoms with Crippen molar-refractivity contribution in [2.75, 3.05) is 7.11 Å². The first-order chi connectivity index (χ1) is 13.0. The Bertz CT molecular complexity index is 351. The highest BCUT2D eigenvalue weighted by atomic mass is 16.5. The summed E-state index contributed by atoms with van der Waals surface area (Å²) < 4.78 is 4.63. The lowest BCUT2D eigenvalue weighted by Gasteiger charge is -2.03. The van der Waals surface area contributed by atoms with Gasteiger partial charge in [0.1, 0.15) is 0 Å². The first kappa shape index (κ1) is 27.9. The van der Waals surface area contributed by atoms with Gasteiger partial charge >= 0.3 is 11.9 Å². The van der Waals surface area contributed by atoms with Gasteiger partial charge in [-0.1, -0.05) is 103 Å². The van der Waals surface area contributed by atoms with Gasteiger partial charge in [0, 0.05) is 12.0 Å². The fourth-order valence-corrected chi connectivity index (χ4v) is 2.74. The molecule has 0 aromatic rings. The highest BCUT2D eigenvalue weighted by Crippen LogP contribution is 2.13. The molecule has 0 aromatic carbocycles. The molecule has 0 aliphatic heterocycles. The summed E-state index contributed by atoms with van der Waals surface area (Å²) in [4.78, 5) is 20.5. The summed E-state index contributed by atoms with van der Waals surface area (Å²) in [6.07, 6.45) is 20.9. The Labute approximate surface area is 167 Å². The molecule has 0 spiro atoms. The minimum atomic E-state index is -0.935. The predicted octanol–water partition coefficient (Wildman–Crippen LogP) is 7.07. The Morgan fingerprint density at radius 1 is 0.741 bits per heavy atom. The van der Waals surface area contributed by atoms with Crippen LogP contribution in [-0.4, -0.2) is 24.2 Å². The Kier molecular flexibility index (Phi) is 23.5. The SMILES string of the molecule is C=C(C)C(=O)O.CCCCCCCCCCCCCCCCCC(=O)OC. The van der Waals surface area contributed by atoms with E-state index in [4.69, 9.17) is 5.11 Å². The monoisotopic (exact) mass is 384 g/mol. The van der Waals surface area contributed by atoms with E-state index in [2.05, 4.69) is 18.2 Å². The van der Waals surface area contributed by atoms with Crippen molar-refractivity contribution in [3.8, 4) is 0 Å². The third kappa shape index (κ3) is 27.0. The van der Waals surface area contributed by atoms with Crippen LogP contribution in [0.4, 0.5) is 0 Å². The lowest BCUT2D eigenvalue weighted by Crippen LogP contribution is -1.99. The van der Waals surface area contributed by atoms with Crippen LogP contribution in [0.5, 0.6) is 0 Å². The van der Waals surface area contributed by atoms with Crippen LogP contribution in [0, 0.1) is 0 Å². The van der Waals surface area contributed by atoms with Crippen molar-refractivity contribution in [1.29, 1.82) is 0 Å². The second kappa shape index (κ2) is 22.7. The Morgan fingerprint density at radius 3 is 1.30 bits per heavy atom. The van der Waals surface area contributed by atoms with Crippen molar-refractivity contribution >= 4 is 11.9 Å². The standard InChI is InChI=1S/C19H38O2.C4H6O2/c1-3-4-5-6-7-8-9-10-11-12-13-14-15-16-17-18-19(20)21-2;1-3(2)4(5)6/h3-18H2,1-2H3;1H2,2H3,(H,5,6). The highest BCUT2D eigenvalue weighted by molar-refractivity contribution is 5.84. The quantitative estimate of drug-likeness (QED) is 0.165. The molecule has 0 heterocycles. The van der Waals surface area contributed by atoms with E-state index in [1.165, 1.54) is 104 Å². The molecule has 0 aliphatic carbocycles. The molecule has 1 N–H and O–H groups in total. The molecule has 0 radical (unpaired) electrons. The van der Waals surface area contributed by atoms with Crippen molar-refractivity contribution in [2.24, 2.45) is 0 Å². The number of carboxylic acid groups (broad SMARTS) is 1. The molecule has 0 unspecified atom stereocenters. The van der Waals surface area contributed by atoms with Crippen LogP contribution < -0.4 is 0 Å². The number of esters is 1. The van der Waals surface area contributed by atoms with Gasteiger partial charge in [0.05, 0.1) is 7.11 Å². The molecule has 160 valence electrons.